The summed E-state index contributed by atoms with van der Waals surface area (Å²) in [6.07, 6.45) is -2.45. The van der Waals surface area contributed by atoms with Gasteiger partial charge in [-0.05, 0) is 17.9 Å². The smallest absolute Gasteiger partial charge is 0.321 e. The van der Waals surface area contributed by atoms with Gasteiger partial charge in [-0.2, -0.15) is 0 Å². The highest BCUT2D eigenvalue weighted by atomic mass is 32.2. The van der Waals surface area contributed by atoms with Crippen molar-refractivity contribution in [3.63, 3.8) is 0 Å². The standard InChI is InChI=1S/C14H19F2NO4S/c1-9(2)7-12(14(18)19)17-22(20,21)8-10-3-5-11(6-4-10)13(15)16/h3-6,9,12-13,17H,7-8H2,1-2H3,(H,18,19). The van der Waals surface area contributed by atoms with Crippen LogP contribution in [0, 0.1) is 5.92 Å². The average molecular weight is 335 g/mol. The summed E-state index contributed by atoms with van der Waals surface area (Å²) in [5.74, 6) is -1.70. The van der Waals surface area contributed by atoms with Gasteiger partial charge in [-0.3, -0.25) is 4.79 Å². The summed E-state index contributed by atoms with van der Waals surface area (Å²) in [4.78, 5) is 11.1. The molecule has 0 bridgehead atoms. The maximum Gasteiger partial charge on any atom is 0.321 e. The first-order valence-corrected chi connectivity index (χ1v) is 8.35. The highest BCUT2D eigenvalue weighted by Gasteiger charge is 2.25. The fraction of sp³-hybridized carbons (Fsp3) is 0.500. The van der Waals surface area contributed by atoms with Gasteiger partial charge in [0.05, 0.1) is 5.75 Å². The van der Waals surface area contributed by atoms with Gasteiger partial charge in [0.25, 0.3) is 6.43 Å². The number of carbonyl (C=O) groups is 1. The van der Waals surface area contributed by atoms with Gasteiger partial charge >= 0.3 is 5.97 Å². The lowest BCUT2D eigenvalue weighted by Crippen LogP contribution is -2.42. The molecule has 1 atom stereocenters. The molecule has 1 unspecified atom stereocenters. The van der Waals surface area contributed by atoms with Crippen molar-refractivity contribution in [3.8, 4) is 0 Å². The first-order valence-electron chi connectivity index (χ1n) is 6.70. The molecule has 1 aromatic carbocycles. The van der Waals surface area contributed by atoms with Gasteiger partial charge in [-0.25, -0.2) is 21.9 Å². The van der Waals surface area contributed by atoms with E-state index in [9.17, 15) is 22.0 Å². The molecule has 5 nitrogen and oxygen atoms in total. The van der Waals surface area contributed by atoms with Gasteiger partial charge in [0, 0.05) is 5.56 Å². The second kappa shape index (κ2) is 7.64. The Labute approximate surface area is 128 Å². The minimum absolute atomic E-state index is 0.00845. The number of carboxylic acids is 1. The Balaban J connectivity index is 2.79. The molecule has 8 heteroatoms. The Hall–Kier alpha value is -1.54. The van der Waals surface area contributed by atoms with Crippen LogP contribution in [-0.4, -0.2) is 25.5 Å². The molecule has 0 spiro atoms. The maximum absolute atomic E-state index is 12.4. The van der Waals surface area contributed by atoms with E-state index in [4.69, 9.17) is 5.11 Å². The number of sulfonamides is 1. The molecule has 0 fully saturated rings. The summed E-state index contributed by atoms with van der Waals surface area (Å²) in [6.45, 7) is 3.57. The normalized spacial score (nSPS) is 13.5. The Bertz CT molecular complexity index is 600. The van der Waals surface area contributed by atoms with E-state index in [0.717, 1.165) is 12.1 Å². The zero-order valence-corrected chi connectivity index (χ0v) is 13.1. The summed E-state index contributed by atoms with van der Waals surface area (Å²) >= 11 is 0. The molecule has 0 aliphatic heterocycles. The van der Waals surface area contributed by atoms with Crippen molar-refractivity contribution in [2.24, 2.45) is 5.92 Å². The monoisotopic (exact) mass is 335 g/mol. The van der Waals surface area contributed by atoms with Gasteiger partial charge in [-0.15, -0.1) is 0 Å². The Morgan fingerprint density at radius 1 is 1.23 bits per heavy atom. The van der Waals surface area contributed by atoms with E-state index < -0.39 is 34.2 Å². The highest BCUT2D eigenvalue weighted by Crippen LogP contribution is 2.19. The minimum Gasteiger partial charge on any atom is -0.480 e. The maximum atomic E-state index is 12.4. The van der Waals surface area contributed by atoms with Crippen LogP contribution in [0.25, 0.3) is 0 Å². The summed E-state index contributed by atoms with van der Waals surface area (Å²) in [5, 5.41) is 9.04. The van der Waals surface area contributed by atoms with E-state index in [2.05, 4.69) is 4.72 Å². The van der Waals surface area contributed by atoms with Crippen molar-refractivity contribution in [2.75, 3.05) is 0 Å². The Kier molecular flexibility index (Phi) is 6.43. The average Bonchev–Trinajstić information content (AvgIpc) is 2.37. The zero-order valence-electron chi connectivity index (χ0n) is 12.3. The van der Waals surface area contributed by atoms with Crippen LogP contribution >= 0.6 is 0 Å². The molecular weight excluding hydrogens is 316 g/mol. The van der Waals surface area contributed by atoms with Crippen molar-refractivity contribution < 1.29 is 27.1 Å². The van der Waals surface area contributed by atoms with Gasteiger partial charge in [0.1, 0.15) is 6.04 Å². The third-order valence-corrected chi connectivity index (χ3v) is 4.27. The summed E-state index contributed by atoms with van der Waals surface area (Å²) in [7, 11) is -3.88. The summed E-state index contributed by atoms with van der Waals surface area (Å²) in [5.41, 5.74) is 0.114. The third-order valence-electron chi connectivity index (χ3n) is 2.92. The SMILES string of the molecule is CC(C)CC(NS(=O)(=O)Cc1ccc(C(F)F)cc1)C(=O)O. The number of benzene rings is 1. The molecule has 0 saturated heterocycles. The second-order valence-corrected chi connectivity index (χ2v) is 7.19. The predicted octanol–water partition coefficient (Wildman–Crippen LogP) is 2.54. The van der Waals surface area contributed by atoms with E-state index in [1.807, 2.05) is 0 Å². The molecule has 1 rings (SSSR count). The number of aliphatic carboxylic acids is 1. The Morgan fingerprint density at radius 3 is 2.18 bits per heavy atom. The van der Waals surface area contributed by atoms with Gasteiger partial charge in [0.2, 0.25) is 10.0 Å². The molecular formula is C14H19F2NO4S. The molecule has 0 aliphatic rings. The number of hydrogen-bond donors (Lipinski definition) is 2. The third kappa shape index (κ3) is 6.07. The van der Waals surface area contributed by atoms with Crippen LogP contribution in [0.4, 0.5) is 8.78 Å². The van der Waals surface area contributed by atoms with Gasteiger partial charge in [0.15, 0.2) is 0 Å². The van der Waals surface area contributed by atoms with Crippen LogP contribution < -0.4 is 4.72 Å². The van der Waals surface area contributed by atoms with Crippen molar-refractivity contribution in [1.82, 2.24) is 4.72 Å². The number of halogens is 2. The van der Waals surface area contributed by atoms with Crippen LogP contribution in [0.2, 0.25) is 0 Å². The molecule has 0 heterocycles. The molecule has 1 aromatic rings. The summed E-state index contributed by atoms with van der Waals surface area (Å²) < 4.78 is 51.0. The highest BCUT2D eigenvalue weighted by molar-refractivity contribution is 7.88. The number of alkyl halides is 2. The Morgan fingerprint density at radius 2 is 1.77 bits per heavy atom. The van der Waals surface area contributed by atoms with Crippen LogP contribution in [-0.2, 0) is 20.6 Å². The largest absolute Gasteiger partial charge is 0.480 e. The number of carboxylic acid groups (broad SMARTS) is 1. The minimum atomic E-state index is -3.88. The summed E-state index contributed by atoms with van der Waals surface area (Å²) in [6, 6.07) is 3.68. The molecule has 0 aliphatic carbocycles. The van der Waals surface area contributed by atoms with Crippen molar-refractivity contribution in [1.29, 1.82) is 0 Å². The van der Waals surface area contributed by atoms with Gasteiger partial charge < -0.3 is 5.11 Å². The van der Waals surface area contributed by atoms with Crippen LogP contribution in [0.1, 0.15) is 37.8 Å². The first kappa shape index (κ1) is 18.5. The molecule has 0 radical (unpaired) electrons. The molecule has 124 valence electrons. The lowest BCUT2D eigenvalue weighted by molar-refractivity contribution is -0.139. The van der Waals surface area contributed by atoms with Crippen LogP contribution in [0.5, 0.6) is 0 Å². The van der Waals surface area contributed by atoms with E-state index in [1.54, 1.807) is 13.8 Å². The lowest BCUT2D eigenvalue weighted by Gasteiger charge is -2.16. The quantitative estimate of drug-likeness (QED) is 0.765. The number of rotatable bonds is 8. The lowest BCUT2D eigenvalue weighted by atomic mass is 10.1. The van der Waals surface area contributed by atoms with Crippen molar-refractivity contribution in [3.05, 3.63) is 35.4 Å². The van der Waals surface area contributed by atoms with Gasteiger partial charge in [-0.1, -0.05) is 38.1 Å². The molecule has 0 aromatic heterocycles. The second-order valence-electron chi connectivity index (χ2n) is 5.44. The van der Waals surface area contributed by atoms with E-state index in [-0.39, 0.29) is 17.9 Å². The first-order chi connectivity index (χ1) is 10.1. The van der Waals surface area contributed by atoms with Crippen LogP contribution in [0.15, 0.2) is 24.3 Å². The molecule has 22 heavy (non-hydrogen) atoms. The molecule has 0 saturated carbocycles. The molecule has 2 N–H and O–H groups in total. The fourth-order valence-electron chi connectivity index (χ4n) is 1.91. The predicted molar refractivity (Wildman–Crippen MR) is 78.0 cm³/mol. The van der Waals surface area contributed by atoms with E-state index in [0.29, 0.717) is 5.56 Å². The van der Waals surface area contributed by atoms with E-state index in [1.165, 1.54) is 12.1 Å². The number of hydrogen-bond acceptors (Lipinski definition) is 3. The molecule has 0 amide bonds. The zero-order chi connectivity index (χ0) is 16.9. The number of nitrogens with one attached hydrogen (secondary N) is 1. The van der Waals surface area contributed by atoms with Crippen molar-refractivity contribution in [2.45, 2.75) is 38.5 Å². The topological polar surface area (TPSA) is 83.5 Å². The van der Waals surface area contributed by atoms with Crippen LogP contribution in [0.3, 0.4) is 0 Å². The van der Waals surface area contributed by atoms with Crippen molar-refractivity contribution >= 4 is 16.0 Å². The van der Waals surface area contributed by atoms with E-state index >= 15 is 0 Å². The fourth-order valence-corrected chi connectivity index (χ4v) is 3.25.